The highest BCUT2D eigenvalue weighted by molar-refractivity contribution is 6.29. The molecule has 1 amide bonds. The zero-order valence-corrected chi connectivity index (χ0v) is 12.1. The van der Waals surface area contributed by atoms with Gasteiger partial charge in [0, 0.05) is 18.2 Å². The Kier molecular flexibility index (Phi) is 4.60. The minimum absolute atomic E-state index is 0.147. The van der Waals surface area contributed by atoms with Gasteiger partial charge in [-0.05, 0) is 17.2 Å². The zero-order chi connectivity index (χ0) is 15.4. The lowest BCUT2D eigenvalue weighted by Gasteiger charge is -2.11. The topological polar surface area (TPSA) is 66.4 Å². The Labute approximate surface area is 127 Å². The fraction of sp³-hybridized carbons (Fsp3) is 0.125. The summed E-state index contributed by atoms with van der Waals surface area (Å²) in [5.74, 6) is -1.23. The predicted octanol–water partition coefficient (Wildman–Crippen LogP) is 3.68. The molecule has 0 heterocycles. The summed E-state index contributed by atoms with van der Waals surface area (Å²) in [5, 5.41) is 10.6. The number of rotatable bonds is 4. The fourth-order valence-electron chi connectivity index (χ4n) is 2.01. The van der Waals surface area contributed by atoms with Crippen LogP contribution >= 0.6 is 11.6 Å². The molecular formula is C16H14ClNO3. The molecule has 21 heavy (non-hydrogen) atoms. The van der Waals surface area contributed by atoms with Gasteiger partial charge in [0.25, 0.3) is 0 Å². The third-order valence-corrected chi connectivity index (χ3v) is 3.41. The molecule has 108 valence electrons. The summed E-state index contributed by atoms with van der Waals surface area (Å²) in [6.07, 6.45) is 0. The number of carbonyl (C=O) groups is 2. The van der Waals surface area contributed by atoms with E-state index in [9.17, 15) is 9.59 Å². The molecule has 2 N–H and O–H groups in total. The first-order valence-electron chi connectivity index (χ1n) is 6.33. The van der Waals surface area contributed by atoms with Crippen molar-refractivity contribution in [1.82, 2.24) is 0 Å². The fourth-order valence-corrected chi connectivity index (χ4v) is 2.15. The molecular weight excluding hydrogens is 290 g/mol. The zero-order valence-electron chi connectivity index (χ0n) is 11.3. The van der Waals surface area contributed by atoms with E-state index in [1.165, 1.54) is 6.92 Å². The molecule has 2 rings (SSSR count). The normalized spacial score (nSPS) is 11.7. The Balaban J connectivity index is 2.35. The number of aliphatic carboxylic acids is 1. The highest BCUT2D eigenvalue weighted by Crippen LogP contribution is 2.30. The van der Waals surface area contributed by atoms with Crippen LogP contribution in [0.3, 0.4) is 0 Å². The van der Waals surface area contributed by atoms with Crippen LogP contribution in [0.1, 0.15) is 17.9 Å². The van der Waals surface area contributed by atoms with Crippen molar-refractivity contribution in [3.63, 3.8) is 0 Å². The van der Waals surface area contributed by atoms with E-state index in [-0.39, 0.29) is 5.91 Å². The molecule has 0 aromatic heterocycles. The van der Waals surface area contributed by atoms with Crippen LogP contribution < -0.4 is 5.32 Å². The molecule has 0 bridgehead atoms. The molecule has 2 aromatic rings. The van der Waals surface area contributed by atoms with E-state index in [1.807, 2.05) is 24.3 Å². The van der Waals surface area contributed by atoms with Crippen LogP contribution in [0.4, 0.5) is 5.69 Å². The maximum Gasteiger partial charge on any atom is 0.326 e. The number of carboxylic acids is 1. The summed E-state index contributed by atoms with van der Waals surface area (Å²) in [5.41, 5.74) is 2.96. The van der Waals surface area contributed by atoms with Crippen molar-refractivity contribution in [2.24, 2.45) is 0 Å². The second-order valence-corrected chi connectivity index (χ2v) is 4.99. The lowest BCUT2D eigenvalue weighted by Crippen LogP contribution is -2.07. The first-order chi connectivity index (χ1) is 9.99. The smallest absolute Gasteiger partial charge is 0.326 e. The van der Waals surface area contributed by atoms with E-state index >= 15 is 0 Å². The number of hydrogen-bond donors (Lipinski definition) is 2. The average Bonchev–Trinajstić information content (AvgIpc) is 2.46. The summed E-state index contributed by atoms with van der Waals surface area (Å²) >= 11 is 5.78. The molecule has 2 aromatic carbocycles. The van der Waals surface area contributed by atoms with Gasteiger partial charge in [-0.1, -0.05) is 42.5 Å². The molecule has 0 aliphatic carbocycles. The largest absolute Gasteiger partial charge is 0.480 e. The van der Waals surface area contributed by atoms with Gasteiger partial charge >= 0.3 is 5.97 Å². The van der Waals surface area contributed by atoms with Crippen LogP contribution in [0.25, 0.3) is 11.1 Å². The maximum absolute atomic E-state index is 11.2. The van der Waals surface area contributed by atoms with Crippen molar-refractivity contribution < 1.29 is 14.7 Å². The molecule has 0 radical (unpaired) electrons. The third-order valence-electron chi connectivity index (χ3n) is 2.97. The van der Waals surface area contributed by atoms with Crippen LogP contribution in [-0.4, -0.2) is 17.0 Å². The molecule has 0 saturated heterocycles. The summed E-state index contributed by atoms with van der Waals surface area (Å²) in [4.78, 5) is 22.1. The Morgan fingerprint density at radius 2 is 1.71 bits per heavy atom. The number of carboxylic acid groups (broad SMARTS) is 1. The van der Waals surface area contributed by atoms with Crippen molar-refractivity contribution in [3.8, 4) is 11.1 Å². The van der Waals surface area contributed by atoms with E-state index in [0.29, 0.717) is 11.3 Å². The third kappa shape index (κ3) is 3.61. The Morgan fingerprint density at radius 1 is 1.10 bits per heavy atom. The lowest BCUT2D eigenvalue weighted by atomic mass is 10.0. The monoisotopic (exact) mass is 303 g/mol. The van der Waals surface area contributed by atoms with Crippen LogP contribution in [0.2, 0.25) is 0 Å². The molecule has 0 saturated carbocycles. The second-order valence-electron chi connectivity index (χ2n) is 4.55. The van der Waals surface area contributed by atoms with Crippen molar-refractivity contribution in [1.29, 1.82) is 0 Å². The van der Waals surface area contributed by atoms with E-state index in [0.717, 1.165) is 11.1 Å². The van der Waals surface area contributed by atoms with Crippen molar-refractivity contribution in [2.45, 2.75) is 12.3 Å². The van der Waals surface area contributed by atoms with Crippen LogP contribution in [-0.2, 0) is 9.59 Å². The highest BCUT2D eigenvalue weighted by Gasteiger charge is 2.16. The molecule has 5 heteroatoms. The molecule has 4 nitrogen and oxygen atoms in total. The number of benzene rings is 2. The maximum atomic E-state index is 11.2. The van der Waals surface area contributed by atoms with E-state index in [4.69, 9.17) is 16.7 Å². The van der Waals surface area contributed by atoms with E-state index in [2.05, 4.69) is 5.32 Å². The quantitative estimate of drug-likeness (QED) is 0.847. The molecule has 1 atom stereocenters. The van der Waals surface area contributed by atoms with E-state index in [1.54, 1.807) is 24.3 Å². The number of halogens is 1. The standard InChI is InChI=1S/C16H14ClNO3/c1-10(19)18-14-5-3-2-4-13(14)11-6-8-12(9-7-11)15(17)16(20)21/h2-9,15H,1H3,(H,18,19)(H,20,21). The Hall–Kier alpha value is -2.33. The lowest BCUT2D eigenvalue weighted by molar-refractivity contribution is -0.136. The van der Waals surface area contributed by atoms with Crippen molar-refractivity contribution in [3.05, 3.63) is 54.1 Å². The second kappa shape index (κ2) is 6.41. The van der Waals surface area contributed by atoms with Crippen molar-refractivity contribution in [2.75, 3.05) is 5.32 Å². The van der Waals surface area contributed by atoms with Gasteiger partial charge in [0.05, 0.1) is 0 Å². The van der Waals surface area contributed by atoms with Gasteiger partial charge in [0.15, 0.2) is 5.38 Å². The van der Waals surface area contributed by atoms with Gasteiger partial charge in [-0.2, -0.15) is 0 Å². The number of amides is 1. The number of anilines is 1. The first-order valence-corrected chi connectivity index (χ1v) is 6.76. The average molecular weight is 304 g/mol. The summed E-state index contributed by atoms with van der Waals surface area (Å²) in [6.45, 7) is 1.45. The SMILES string of the molecule is CC(=O)Nc1ccccc1-c1ccc(C(Cl)C(=O)O)cc1. The first kappa shape index (κ1) is 15.1. The van der Waals surface area contributed by atoms with Gasteiger partial charge in [-0.3, -0.25) is 9.59 Å². The Bertz CT molecular complexity index is 667. The summed E-state index contributed by atoms with van der Waals surface area (Å²) in [6, 6.07) is 14.3. The molecule has 0 spiro atoms. The molecule has 0 fully saturated rings. The minimum Gasteiger partial charge on any atom is -0.480 e. The summed E-state index contributed by atoms with van der Waals surface area (Å²) < 4.78 is 0. The predicted molar refractivity (Wildman–Crippen MR) is 82.4 cm³/mol. The number of para-hydroxylation sites is 1. The summed E-state index contributed by atoms with van der Waals surface area (Å²) in [7, 11) is 0. The van der Waals surface area contributed by atoms with Crippen LogP contribution in [0.15, 0.2) is 48.5 Å². The highest BCUT2D eigenvalue weighted by atomic mass is 35.5. The van der Waals surface area contributed by atoms with Gasteiger partial charge in [0.1, 0.15) is 0 Å². The van der Waals surface area contributed by atoms with Crippen molar-refractivity contribution >= 4 is 29.2 Å². The molecule has 0 aliphatic heterocycles. The number of hydrogen-bond acceptors (Lipinski definition) is 2. The van der Waals surface area contributed by atoms with Gasteiger partial charge in [0.2, 0.25) is 5.91 Å². The van der Waals surface area contributed by atoms with Crippen LogP contribution in [0, 0.1) is 0 Å². The van der Waals surface area contributed by atoms with Gasteiger partial charge in [-0.25, -0.2) is 0 Å². The Morgan fingerprint density at radius 3 is 2.29 bits per heavy atom. The number of alkyl halides is 1. The minimum atomic E-state index is -1.08. The molecule has 1 unspecified atom stereocenters. The molecule has 0 aliphatic rings. The number of nitrogens with one attached hydrogen (secondary N) is 1. The van der Waals surface area contributed by atoms with E-state index < -0.39 is 11.3 Å². The van der Waals surface area contributed by atoms with Gasteiger partial charge < -0.3 is 10.4 Å². The van der Waals surface area contributed by atoms with Crippen LogP contribution in [0.5, 0.6) is 0 Å². The number of carbonyl (C=O) groups excluding carboxylic acids is 1. The van der Waals surface area contributed by atoms with Gasteiger partial charge in [-0.15, -0.1) is 11.6 Å².